The molecule has 0 bridgehead atoms. The molecule has 0 saturated heterocycles. The highest BCUT2D eigenvalue weighted by Gasteiger charge is 2.09. The van der Waals surface area contributed by atoms with Crippen LogP contribution in [0, 0.1) is 11.3 Å². The molecule has 2 nitrogen and oxygen atoms in total. The Balaban J connectivity index is 2.42. The molecule has 0 aliphatic rings. The summed E-state index contributed by atoms with van der Waals surface area (Å²) >= 11 is 0. The van der Waals surface area contributed by atoms with Crippen LogP contribution in [0.1, 0.15) is 18.6 Å². The van der Waals surface area contributed by atoms with E-state index in [2.05, 4.69) is 12.1 Å². The topological polar surface area (TPSA) is 33.0 Å². The summed E-state index contributed by atoms with van der Waals surface area (Å²) in [5, 5.41) is 11.3. The molecule has 0 aromatic heterocycles. The van der Waals surface area contributed by atoms with Crippen LogP contribution in [0.3, 0.4) is 0 Å². The molecular formula is C14H13NO. The van der Waals surface area contributed by atoms with Crippen molar-refractivity contribution >= 4 is 10.8 Å². The molecular weight excluding hydrogens is 198 g/mol. The van der Waals surface area contributed by atoms with Crippen molar-refractivity contribution < 1.29 is 4.74 Å². The van der Waals surface area contributed by atoms with Gasteiger partial charge in [-0.05, 0) is 29.3 Å². The van der Waals surface area contributed by atoms with Crippen LogP contribution in [0.4, 0.5) is 0 Å². The molecule has 1 atom stereocenters. The Morgan fingerprint density at radius 2 is 1.94 bits per heavy atom. The monoisotopic (exact) mass is 211 g/mol. The molecule has 0 saturated carbocycles. The zero-order valence-corrected chi connectivity index (χ0v) is 9.18. The zero-order valence-electron chi connectivity index (χ0n) is 9.18. The molecule has 0 radical (unpaired) electrons. The van der Waals surface area contributed by atoms with Crippen LogP contribution in [0.15, 0.2) is 42.5 Å². The second-order valence-corrected chi connectivity index (χ2v) is 3.57. The molecule has 80 valence electrons. The molecule has 0 aliphatic heterocycles. The Kier molecular flexibility index (Phi) is 3.19. The summed E-state index contributed by atoms with van der Waals surface area (Å²) < 4.78 is 5.36. The van der Waals surface area contributed by atoms with E-state index in [-0.39, 0.29) is 0 Å². The van der Waals surface area contributed by atoms with Gasteiger partial charge in [-0.15, -0.1) is 0 Å². The summed E-state index contributed by atoms with van der Waals surface area (Å²) in [5.41, 5.74) is 0.919. The third-order valence-electron chi connectivity index (χ3n) is 2.53. The summed E-state index contributed by atoms with van der Waals surface area (Å²) in [4.78, 5) is 0. The maximum Gasteiger partial charge on any atom is 0.169 e. The van der Waals surface area contributed by atoms with Crippen LogP contribution in [0.2, 0.25) is 0 Å². The molecule has 16 heavy (non-hydrogen) atoms. The first-order chi connectivity index (χ1) is 7.85. The number of rotatable bonds is 3. The quantitative estimate of drug-likeness (QED) is 0.779. The first kappa shape index (κ1) is 10.7. The number of hydrogen-bond donors (Lipinski definition) is 0. The predicted octanol–water partition coefficient (Wildman–Crippen LogP) is 3.44. The van der Waals surface area contributed by atoms with Crippen molar-refractivity contribution in [2.45, 2.75) is 13.0 Å². The van der Waals surface area contributed by atoms with Crippen molar-refractivity contribution in [2.24, 2.45) is 0 Å². The van der Waals surface area contributed by atoms with E-state index >= 15 is 0 Å². The van der Waals surface area contributed by atoms with Crippen LogP contribution in [0.5, 0.6) is 0 Å². The average Bonchev–Trinajstić information content (AvgIpc) is 2.35. The van der Waals surface area contributed by atoms with Crippen molar-refractivity contribution in [3.8, 4) is 6.07 Å². The van der Waals surface area contributed by atoms with Crippen LogP contribution in [-0.4, -0.2) is 6.61 Å². The van der Waals surface area contributed by atoms with E-state index in [0.717, 1.165) is 10.9 Å². The van der Waals surface area contributed by atoms with Crippen molar-refractivity contribution in [2.75, 3.05) is 6.61 Å². The molecule has 0 heterocycles. The van der Waals surface area contributed by atoms with E-state index in [4.69, 9.17) is 10.00 Å². The zero-order chi connectivity index (χ0) is 11.4. The molecule has 0 fully saturated rings. The first-order valence-electron chi connectivity index (χ1n) is 5.35. The van der Waals surface area contributed by atoms with Crippen molar-refractivity contribution in [1.29, 1.82) is 5.26 Å². The Morgan fingerprint density at radius 3 is 2.62 bits per heavy atom. The average molecular weight is 211 g/mol. The molecule has 2 heteroatoms. The van der Waals surface area contributed by atoms with E-state index in [1.54, 1.807) is 0 Å². The maximum atomic E-state index is 9.01. The van der Waals surface area contributed by atoms with E-state index in [1.165, 1.54) is 5.39 Å². The van der Waals surface area contributed by atoms with Gasteiger partial charge in [0.2, 0.25) is 0 Å². The molecule has 0 aliphatic carbocycles. The summed E-state index contributed by atoms with van der Waals surface area (Å²) in [6.45, 7) is 2.44. The van der Waals surface area contributed by atoms with Crippen LogP contribution < -0.4 is 0 Å². The molecule has 2 rings (SSSR count). The minimum absolute atomic E-state index is 0.463. The van der Waals surface area contributed by atoms with Crippen LogP contribution >= 0.6 is 0 Å². The number of benzene rings is 2. The van der Waals surface area contributed by atoms with Crippen molar-refractivity contribution in [3.63, 3.8) is 0 Å². The minimum atomic E-state index is -0.463. The van der Waals surface area contributed by atoms with Gasteiger partial charge < -0.3 is 4.74 Å². The van der Waals surface area contributed by atoms with Gasteiger partial charge in [-0.2, -0.15) is 5.26 Å². The van der Waals surface area contributed by atoms with E-state index in [0.29, 0.717) is 6.61 Å². The second-order valence-electron chi connectivity index (χ2n) is 3.57. The summed E-state index contributed by atoms with van der Waals surface area (Å²) in [6.07, 6.45) is -0.463. The van der Waals surface area contributed by atoms with E-state index in [1.807, 2.05) is 43.3 Å². The van der Waals surface area contributed by atoms with Gasteiger partial charge in [0.1, 0.15) is 0 Å². The van der Waals surface area contributed by atoms with Gasteiger partial charge in [-0.1, -0.05) is 36.4 Å². The van der Waals surface area contributed by atoms with Gasteiger partial charge in [-0.3, -0.25) is 0 Å². The molecule has 2 aromatic rings. The normalized spacial score (nSPS) is 12.2. The Morgan fingerprint density at radius 1 is 1.19 bits per heavy atom. The highest BCUT2D eigenvalue weighted by Crippen LogP contribution is 2.22. The Bertz CT molecular complexity index is 527. The van der Waals surface area contributed by atoms with Gasteiger partial charge in [0.25, 0.3) is 0 Å². The lowest BCUT2D eigenvalue weighted by Gasteiger charge is -2.10. The fourth-order valence-corrected chi connectivity index (χ4v) is 1.75. The first-order valence-corrected chi connectivity index (χ1v) is 5.35. The SMILES string of the molecule is CCO[C@H](C#N)c1ccc2ccccc2c1. The Hall–Kier alpha value is -1.85. The lowest BCUT2D eigenvalue weighted by molar-refractivity contribution is 0.102. The number of fused-ring (bicyclic) bond motifs is 1. The van der Waals surface area contributed by atoms with Crippen LogP contribution in [0.25, 0.3) is 10.8 Å². The number of nitrogens with zero attached hydrogens (tertiary/aromatic N) is 1. The van der Waals surface area contributed by atoms with Gasteiger partial charge in [0.05, 0.1) is 6.07 Å². The molecule has 0 amide bonds. The highest BCUT2D eigenvalue weighted by molar-refractivity contribution is 5.83. The summed E-state index contributed by atoms with van der Waals surface area (Å²) in [5.74, 6) is 0. The van der Waals surface area contributed by atoms with Crippen LogP contribution in [-0.2, 0) is 4.74 Å². The fraction of sp³-hybridized carbons (Fsp3) is 0.214. The lowest BCUT2D eigenvalue weighted by Crippen LogP contribution is -2.01. The lowest BCUT2D eigenvalue weighted by atomic mass is 10.0. The predicted molar refractivity (Wildman–Crippen MR) is 63.9 cm³/mol. The largest absolute Gasteiger partial charge is 0.359 e. The minimum Gasteiger partial charge on any atom is -0.359 e. The van der Waals surface area contributed by atoms with E-state index < -0.39 is 6.10 Å². The van der Waals surface area contributed by atoms with Gasteiger partial charge in [0.15, 0.2) is 6.10 Å². The van der Waals surface area contributed by atoms with Crippen molar-refractivity contribution in [1.82, 2.24) is 0 Å². The molecule has 0 spiro atoms. The van der Waals surface area contributed by atoms with Gasteiger partial charge in [-0.25, -0.2) is 0 Å². The number of ether oxygens (including phenoxy) is 1. The fourth-order valence-electron chi connectivity index (χ4n) is 1.75. The molecule has 0 N–H and O–H groups in total. The summed E-state index contributed by atoms with van der Waals surface area (Å²) in [6, 6.07) is 16.2. The van der Waals surface area contributed by atoms with Gasteiger partial charge in [0, 0.05) is 6.61 Å². The second kappa shape index (κ2) is 4.78. The summed E-state index contributed by atoms with van der Waals surface area (Å²) in [7, 11) is 0. The third kappa shape index (κ3) is 2.05. The number of nitriles is 1. The van der Waals surface area contributed by atoms with Gasteiger partial charge >= 0.3 is 0 Å². The highest BCUT2D eigenvalue weighted by atomic mass is 16.5. The standard InChI is InChI=1S/C14H13NO/c1-2-16-14(10-15)13-8-7-11-5-3-4-6-12(11)9-13/h3-9,14H,2H2,1H3/t14-/m1/s1. The number of hydrogen-bond acceptors (Lipinski definition) is 2. The van der Waals surface area contributed by atoms with Crippen molar-refractivity contribution in [3.05, 3.63) is 48.0 Å². The third-order valence-corrected chi connectivity index (χ3v) is 2.53. The van der Waals surface area contributed by atoms with E-state index in [9.17, 15) is 0 Å². The molecule has 0 unspecified atom stereocenters. The Labute approximate surface area is 95.1 Å². The maximum absolute atomic E-state index is 9.01. The smallest absolute Gasteiger partial charge is 0.169 e. The molecule has 2 aromatic carbocycles.